The molecule has 4 nitrogen and oxygen atoms in total. The molecule has 1 amide bonds. The summed E-state index contributed by atoms with van der Waals surface area (Å²) in [6, 6.07) is 13.3. The number of hydrogen-bond donors (Lipinski definition) is 1. The summed E-state index contributed by atoms with van der Waals surface area (Å²) in [7, 11) is 1.77. The summed E-state index contributed by atoms with van der Waals surface area (Å²) in [5.74, 6) is 0.0539. The van der Waals surface area contributed by atoms with E-state index in [0.717, 1.165) is 5.56 Å². The summed E-state index contributed by atoms with van der Waals surface area (Å²) in [4.78, 5) is 14.3. The third-order valence-electron chi connectivity index (χ3n) is 3.94. The van der Waals surface area contributed by atoms with Crippen LogP contribution in [0.15, 0.2) is 48.5 Å². The van der Waals surface area contributed by atoms with E-state index in [9.17, 15) is 9.18 Å². The number of carbonyl (C=O) groups excluding carboxylic acids is 1. The third-order valence-corrected chi connectivity index (χ3v) is 3.94. The highest BCUT2D eigenvalue weighted by Crippen LogP contribution is 2.18. The molecule has 134 valence electrons. The molecular weight excluding hydrogens is 319 g/mol. The van der Waals surface area contributed by atoms with Gasteiger partial charge in [-0.2, -0.15) is 0 Å². The van der Waals surface area contributed by atoms with E-state index in [2.05, 4.69) is 0 Å². The highest BCUT2D eigenvalue weighted by atomic mass is 19.1. The van der Waals surface area contributed by atoms with Crippen LogP contribution in [0.1, 0.15) is 29.8 Å². The maximum Gasteiger partial charge on any atom is 0.253 e. The molecule has 2 N–H and O–H groups in total. The number of halogens is 1. The maximum absolute atomic E-state index is 13.2. The van der Waals surface area contributed by atoms with Crippen molar-refractivity contribution in [3.05, 3.63) is 65.5 Å². The van der Waals surface area contributed by atoms with Crippen LogP contribution in [0.3, 0.4) is 0 Å². The van der Waals surface area contributed by atoms with Crippen molar-refractivity contribution in [3.8, 4) is 5.75 Å². The van der Waals surface area contributed by atoms with Crippen LogP contribution in [0.4, 0.5) is 4.39 Å². The van der Waals surface area contributed by atoms with Gasteiger partial charge in [0.15, 0.2) is 0 Å². The number of nitrogens with two attached hydrogens (primary N) is 1. The molecule has 0 aromatic heterocycles. The minimum atomic E-state index is -0.342. The molecule has 0 bridgehead atoms. The van der Waals surface area contributed by atoms with Gasteiger partial charge in [0.25, 0.3) is 5.91 Å². The molecule has 5 heteroatoms. The van der Waals surface area contributed by atoms with Gasteiger partial charge >= 0.3 is 0 Å². The number of hydrogen-bond acceptors (Lipinski definition) is 3. The first-order valence-electron chi connectivity index (χ1n) is 8.23. The summed E-state index contributed by atoms with van der Waals surface area (Å²) < 4.78 is 18.8. The van der Waals surface area contributed by atoms with Crippen LogP contribution < -0.4 is 10.5 Å². The molecule has 0 atom stereocenters. The Labute approximate surface area is 148 Å². The standard InChI is InChI=1S/C20H25FN2O2/c1-20(2,13-22)14-23(3)19(24)16-7-4-6-15(10-16)12-25-18-9-5-8-17(21)11-18/h4-11H,12-14,22H2,1-3H3. The Hall–Kier alpha value is -2.40. The Morgan fingerprint density at radius 2 is 1.92 bits per heavy atom. The summed E-state index contributed by atoms with van der Waals surface area (Å²) in [5.41, 5.74) is 7.05. The lowest BCUT2D eigenvalue weighted by Gasteiger charge is -2.29. The van der Waals surface area contributed by atoms with Crippen LogP contribution >= 0.6 is 0 Å². The van der Waals surface area contributed by atoms with E-state index >= 15 is 0 Å². The van der Waals surface area contributed by atoms with Gasteiger partial charge in [0.2, 0.25) is 0 Å². The molecule has 0 saturated carbocycles. The Kier molecular flexibility index (Phi) is 6.15. The highest BCUT2D eigenvalue weighted by Gasteiger charge is 2.22. The van der Waals surface area contributed by atoms with Crippen molar-refractivity contribution in [2.75, 3.05) is 20.1 Å². The highest BCUT2D eigenvalue weighted by molar-refractivity contribution is 5.94. The van der Waals surface area contributed by atoms with Gasteiger partial charge in [-0.05, 0) is 41.8 Å². The van der Waals surface area contributed by atoms with Crippen molar-refractivity contribution in [2.45, 2.75) is 20.5 Å². The van der Waals surface area contributed by atoms with Crippen LogP contribution in [0.2, 0.25) is 0 Å². The van der Waals surface area contributed by atoms with E-state index in [4.69, 9.17) is 10.5 Å². The van der Waals surface area contributed by atoms with Gasteiger partial charge in [-0.3, -0.25) is 4.79 Å². The second-order valence-corrected chi connectivity index (χ2v) is 6.98. The number of nitrogens with zero attached hydrogens (tertiary/aromatic N) is 1. The average molecular weight is 344 g/mol. The lowest BCUT2D eigenvalue weighted by Crippen LogP contribution is -2.39. The minimum absolute atomic E-state index is 0.0610. The van der Waals surface area contributed by atoms with Crippen LogP contribution in [-0.4, -0.2) is 30.9 Å². The van der Waals surface area contributed by atoms with Gasteiger partial charge < -0.3 is 15.4 Å². The Bertz CT molecular complexity index is 731. The monoisotopic (exact) mass is 344 g/mol. The Balaban J connectivity index is 2.03. The molecule has 2 rings (SSSR count). The number of rotatable bonds is 7. The van der Waals surface area contributed by atoms with Gasteiger partial charge in [0.05, 0.1) is 0 Å². The van der Waals surface area contributed by atoms with E-state index in [0.29, 0.717) is 24.4 Å². The van der Waals surface area contributed by atoms with Crippen molar-refractivity contribution in [3.63, 3.8) is 0 Å². The zero-order valence-electron chi connectivity index (χ0n) is 15.0. The maximum atomic E-state index is 13.2. The number of benzene rings is 2. The molecule has 0 aliphatic rings. The summed E-state index contributed by atoms with van der Waals surface area (Å²) in [6.45, 7) is 5.40. The lowest BCUT2D eigenvalue weighted by atomic mass is 9.93. The number of amides is 1. The Morgan fingerprint density at radius 1 is 1.20 bits per heavy atom. The van der Waals surface area contributed by atoms with Crippen LogP contribution in [0, 0.1) is 11.2 Å². The van der Waals surface area contributed by atoms with Gasteiger partial charge in [0, 0.05) is 25.2 Å². The molecule has 0 fully saturated rings. The molecule has 25 heavy (non-hydrogen) atoms. The lowest BCUT2D eigenvalue weighted by molar-refractivity contribution is 0.0740. The first kappa shape index (κ1) is 18.9. The van der Waals surface area contributed by atoms with Gasteiger partial charge in [-0.25, -0.2) is 4.39 Å². The first-order chi connectivity index (χ1) is 11.8. The van der Waals surface area contributed by atoms with Crippen molar-refractivity contribution < 1.29 is 13.9 Å². The zero-order valence-corrected chi connectivity index (χ0v) is 15.0. The molecule has 0 unspecified atom stereocenters. The molecule has 0 spiro atoms. The fourth-order valence-corrected chi connectivity index (χ4v) is 2.52. The van der Waals surface area contributed by atoms with Crippen LogP contribution in [0.5, 0.6) is 5.75 Å². The normalized spacial score (nSPS) is 11.2. The SMILES string of the molecule is CN(CC(C)(C)CN)C(=O)c1cccc(COc2cccc(F)c2)c1. The van der Waals surface area contributed by atoms with E-state index in [1.165, 1.54) is 12.1 Å². The van der Waals surface area contributed by atoms with Crippen molar-refractivity contribution >= 4 is 5.91 Å². The van der Waals surface area contributed by atoms with Crippen molar-refractivity contribution in [2.24, 2.45) is 11.1 Å². The fraction of sp³-hybridized carbons (Fsp3) is 0.350. The van der Waals surface area contributed by atoms with E-state index in [-0.39, 0.29) is 23.7 Å². The minimum Gasteiger partial charge on any atom is -0.489 e. The summed E-state index contributed by atoms with van der Waals surface area (Å²) in [6.07, 6.45) is 0. The second-order valence-electron chi connectivity index (χ2n) is 6.98. The number of ether oxygens (including phenoxy) is 1. The van der Waals surface area contributed by atoms with Crippen LogP contribution in [0.25, 0.3) is 0 Å². The quantitative estimate of drug-likeness (QED) is 0.837. The van der Waals surface area contributed by atoms with Gasteiger partial charge in [-0.1, -0.05) is 32.0 Å². The zero-order chi connectivity index (χ0) is 18.4. The summed E-state index contributed by atoms with van der Waals surface area (Å²) >= 11 is 0. The second kappa shape index (κ2) is 8.12. The fourth-order valence-electron chi connectivity index (χ4n) is 2.52. The van der Waals surface area contributed by atoms with E-state index in [1.807, 2.05) is 26.0 Å². The number of carbonyl (C=O) groups is 1. The Morgan fingerprint density at radius 3 is 2.60 bits per heavy atom. The molecule has 0 radical (unpaired) electrons. The van der Waals surface area contributed by atoms with Crippen LogP contribution in [-0.2, 0) is 6.61 Å². The molecule has 2 aromatic rings. The predicted octanol–water partition coefficient (Wildman–Crippen LogP) is 3.46. The molecule has 0 saturated heterocycles. The summed E-state index contributed by atoms with van der Waals surface area (Å²) in [5, 5.41) is 0. The van der Waals surface area contributed by atoms with Gasteiger partial charge in [-0.15, -0.1) is 0 Å². The molecule has 0 aliphatic carbocycles. The molecule has 0 heterocycles. The molecule has 0 aliphatic heterocycles. The predicted molar refractivity (Wildman–Crippen MR) is 97.0 cm³/mol. The van der Waals surface area contributed by atoms with E-state index < -0.39 is 0 Å². The van der Waals surface area contributed by atoms with Crippen molar-refractivity contribution in [1.29, 1.82) is 0 Å². The van der Waals surface area contributed by atoms with Crippen molar-refractivity contribution in [1.82, 2.24) is 4.90 Å². The average Bonchev–Trinajstić information content (AvgIpc) is 2.59. The largest absolute Gasteiger partial charge is 0.489 e. The smallest absolute Gasteiger partial charge is 0.253 e. The topological polar surface area (TPSA) is 55.6 Å². The van der Waals surface area contributed by atoms with E-state index in [1.54, 1.807) is 36.2 Å². The molecule has 2 aromatic carbocycles. The first-order valence-corrected chi connectivity index (χ1v) is 8.23. The third kappa shape index (κ3) is 5.57. The van der Waals surface area contributed by atoms with Gasteiger partial charge in [0.1, 0.15) is 18.2 Å². The molecular formula is C20H25FN2O2.